The Kier molecular flexibility index (Phi) is 6.40. The molecule has 1 aliphatic carbocycles. The van der Waals surface area contributed by atoms with Gasteiger partial charge in [-0.05, 0) is 25.8 Å². The largest absolute Gasteiger partial charge is 0.468 e. The van der Waals surface area contributed by atoms with Crippen molar-refractivity contribution in [2.24, 2.45) is 5.92 Å². The molecule has 1 aliphatic rings. The van der Waals surface area contributed by atoms with Crippen LogP contribution in [0.2, 0.25) is 0 Å². The predicted molar refractivity (Wildman–Crippen MR) is 90.3 cm³/mol. The van der Waals surface area contributed by atoms with Crippen molar-refractivity contribution in [1.29, 1.82) is 0 Å². The van der Waals surface area contributed by atoms with Crippen LogP contribution in [0.1, 0.15) is 37.8 Å². The first-order chi connectivity index (χ1) is 11.3. The number of ether oxygens (including phenoxy) is 1. The molecular weight excluding hydrogens is 330 g/mol. The Bertz CT molecular complexity index is 663. The van der Waals surface area contributed by atoms with Gasteiger partial charge in [0.25, 0.3) is 0 Å². The number of rotatable bonds is 7. The first kappa shape index (κ1) is 18.9. The molecule has 1 aromatic heterocycles. The van der Waals surface area contributed by atoms with E-state index in [-0.39, 0.29) is 17.7 Å². The molecule has 7 nitrogen and oxygen atoms in total. The third-order valence-corrected chi connectivity index (χ3v) is 5.45. The van der Waals surface area contributed by atoms with E-state index in [4.69, 9.17) is 0 Å². The Hall–Kier alpha value is -1.41. The van der Waals surface area contributed by atoms with Gasteiger partial charge in [0.15, 0.2) is 0 Å². The van der Waals surface area contributed by atoms with Crippen LogP contribution >= 0.6 is 0 Å². The molecule has 2 rings (SSSR count). The summed E-state index contributed by atoms with van der Waals surface area (Å²) >= 11 is 0. The molecule has 24 heavy (non-hydrogen) atoms. The number of nitrogens with zero attached hydrogens (tertiary/aromatic N) is 3. The zero-order valence-electron chi connectivity index (χ0n) is 14.7. The van der Waals surface area contributed by atoms with E-state index >= 15 is 0 Å². The van der Waals surface area contributed by atoms with Gasteiger partial charge in [0.2, 0.25) is 15.0 Å². The molecule has 0 N–H and O–H groups in total. The summed E-state index contributed by atoms with van der Waals surface area (Å²) in [6.45, 7) is 1.27. The molecule has 0 amide bonds. The molecule has 0 spiro atoms. The van der Waals surface area contributed by atoms with E-state index in [0.717, 1.165) is 18.5 Å². The lowest BCUT2D eigenvalue weighted by atomic mass is 9.89. The second-order valence-corrected chi connectivity index (χ2v) is 8.58. The maximum absolute atomic E-state index is 12.0. The van der Waals surface area contributed by atoms with Crippen molar-refractivity contribution < 1.29 is 17.9 Å². The number of hydrogen-bond donors (Lipinski definition) is 0. The zero-order chi connectivity index (χ0) is 17.7. The van der Waals surface area contributed by atoms with Gasteiger partial charge < -0.3 is 9.30 Å². The van der Waals surface area contributed by atoms with Crippen LogP contribution in [0.15, 0.2) is 11.4 Å². The monoisotopic (exact) mass is 357 g/mol. The number of hydrogen-bond acceptors (Lipinski definition) is 6. The summed E-state index contributed by atoms with van der Waals surface area (Å²) in [5.41, 5.74) is 0.812. The normalized spacial score (nSPS) is 16.5. The smallest absolute Gasteiger partial charge is 0.319 e. The van der Waals surface area contributed by atoms with Crippen LogP contribution in [-0.4, -0.2) is 55.8 Å². The summed E-state index contributed by atoms with van der Waals surface area (Å²) in [5.74, 6) is 0.164. The highest BCUT2D eigenvalue weighted by molar-refractivity contribution is 7.90. The number of esters is 1. The summed E-state index contributed by atoms with van der Waals surface area (Å²) in [4.78, 5) is 17.3. The van der Waals surface area contributed by atoms with Gasteiger partial charge in [0.05, 0.1) is 25.5 Å². The standard InChI is InChI=1S/C16H27N3O4S/c1-18(12-15(20)23-2)11-14-9-17-16(24(3,21)22)19(14)10-13-7-5-4-6-8-13/h9,13H,4-8,10-12H2,1-3H3. The number of methoxy groups -OCH3 is 1. The minimum atomic E-state index is -3.39. The molecule has 0 unspecified atom stereocenters. The fraction of sp³-hybridized carbons (Fsp3) is 0.750. The van der Waals surface area contributed by atoms with E-state index < -0.39 is 9.84 Å². The molecule has 1 aromatic rings. The van der Waals surface area contributed by atoms with Gasteiger partial charge in [-0.1, -0.05) is 19.3 Å². The van der Waals surface area contributed by atoms with Gasteiger partial charge in [0, 0.05) is 19.3 Å². The Morgan fingerprint density at radius 1 is 1.38 bits per heavy atom. The summed E-state index contributed by atoms with van der Waals surface area (Å²) in [7, 11) is -0.232. The molecule has 0 bridgehead atoms. The fourth-order valence-electron chi connectivity index (χ4n) is 3.25. The SMILES string of the molecule is COC(=O)CN(C)Cc1cnc(S(C)(=O)=O)n1CC1CCCCC1. The highest BCUT2D eigenvalue weighted by Crippen LogP contribution is 2.27. The van der Waals surface area contributed by atoms with Crippen LogP contribution in [0.5, 0.6) is 0 Å². The van der Waals surface area contributed by atoms with Crippen LogP contribution in [0.25, 0.3) is 0 Å². The van der Waals surface area contributed by atoms with Gasteiger partial charge in [-0.2, -0.15) is 0 Å². The molecule has 0 radical (unpaired) electrons. The van der Waals surface area contributed by atoms with Crippen molar-refractivity contribution in [3.8, 4) is 0 Å². The fourth-order valence-corrected chi connectivity index (χ4v) is 4.09. The van der Waals surface area contributed by atoms with E-state index in [0.29, 0.717) is 19.0 Å². The van der Waals surface area contributed by atoms with Gasteiger partial charge in [-0.15, -0.1) is 0 Å². The second-order valence-electron chi connectivity index (χ2n) is 6.67. The van der Waals surface area contributed by atoms with Crippen LogP contribution in [-0.2, 0) is 32.5 Å². The third kappa shape index (κ3) is 5.04. The van der Waals surface area contributed by atoms with E-state index in [2.05, 4.69) is 9.72 Å². The summed E-state index contributed by atoms with van der Waals surface area (Å²) in [6, 6.07) is 0. The van der Waals surface area contributed by atoms with Gasteiger partial charge >= 0.3 is 5.97 Å². The Balaban J connectivity index is 2.20. The lowest BCUT2D eigenvalue weighted by Crippen LogP contribution is -2.28. The van der Waals surface area contributed by atoms with Crippen molar-refractivity contribution in [3.05, 3.63) is 11.9 Å². The molecule has 1 heterocycles. The Morgan fingerprint density at radius 2 is 2.04 bits per heavy atom. The van der Waals surface area contributed by atoms with Crippen molar-refractivity contribution in [1.82, 2.24) is 14.5 Å². The number of imidazole rings is 1. The van der Waals surface area contributed by atoms with Crippen molar-refractivity contribution in [3.63, 3.8) is 0 Å². The van der Waals surface area contributed by atoms with Gasteiger partial charge in [0.1, 0.15) is 0 Å². The predicted octanol–water partition coefficient (Wildman–Crippen LogP) is 1.47. The minimum absolute atomic E-state index is 0.120. The highest BCUT2D eigenvalue weighted by Gasteiger charge is 2.23. The lowest BCUT2D eigenvalue weighted by molar-refractivity contribution is -0.141. The van der Waals surface area contributed by atoms with Crippen LogP contribution < -0.4 is 0 Å². The van der Waals surface area contributed by atoms with E-state index in [1.165, 1.54) is 32.6 Å². The zero-order valence-corrected chi connectivity index (χ0v) is 15.5. The lowest BCUT2D eigenvalue weighted by Gasteiger charge is -2.24. The highest BCUT2D eigenvalue weighted by atomic mass is 32.2. The number of carbonyl (C=O) groups is 1. The number of likely N-dealkylation sites (N-methyl/N-ethyl adjacent to an activating group) is 1. The summed E-state index contributed by atoms with van der Waals surface area (Å²) in [6.07, 6.45) is 8.70. The molecular formula is C16H27N3O4S. The molecule has 1 fully saturated rings. The Labute approximate surface area is 143 Å². The molecule has 0 aliphatic heterocycles. The number of sulfone groups is 1. The summed E-state index contributed by atoms with van der Waals surface area (Å²) in [5, 5.41) is 0.120. The minimum Gasteiger partial charge on any atom is -0.468 e. The average molecular weight is 357 g/mol. The van der Waals surface area contributed by atoms with E-state index in [1.807, 2.05) is 4.57 Å². The number of carbonyl (C=O) groups excluding carboxylic acids is 1. The quantitative estimate of drug-likeness (QED) is 0.688. The average Bonchev–Trinajstić information content (AvgIpc) is 2.90. The van der Waals surface area contributed by atoms with Gasteiger partial charge in [-0.3, -0.25) is 9.69 Å². The molecule has 0 aromatic carbocycles. The molecule has 0 atom stereocenters. The second kappa shape index (κ2) is 8.11. The van der Waals surface area contributed by atoms with Crippen LogP contribution in [0.4, 0.5) is 0 Å². The Morgan fingerprint density at radius 3 is 2.62 bits per heavy atom. The molecule has 0 saturated heterocycles. The maximum atomic E-state index is 12.0. The first-order valence-corrected chi connectivity index (χ1v) is 10.2. The van der Waals surface area contributed by atoms with Crippen molar-refractivity contribution in [2.75, 3.05) is 27.0 Å². The van der Waals surface area contributed by atoms with E-state index in [1.54, 1.807) is 18.1 Å². The first-order valence-electron chi connectivity index (χ1n) is 8.31. The van der Waals surface area contributed by atoms with Crippen molar-refractivity contribution >= 4 is 15.8 Å². The molecule has 136 valence electrons. The summed E-state index contributed by atoms with van der Waals surface area (Å²) < 4.78 is 30.6. The van der Waals surface area contributed by atoms with Crippen LogP contribution in [0, 0.1) is 5.92 Å². The van der Waals surface area contributed by atoms with E-state index in [9.17, 15) is 13.2 Å². The third-order valence-electron chi connectivity index (χ3n) is 4.46. The topological polar surface area (TPSA) is 81.5 Å². The maximum Gasteiger partial charge on any atom is 0.319 e. The van der Waals surface area contributed by atoms with Crippen molar-refractivity contribution in [2.45, 2.75) is 50.4 Å². The molecule has 8 heteroatoms. The van der Waals surface area contributed by atoms with Crippen LogP contribution in [0.3, 0.4) is 0 Å². The van der Waals surface area contributed by atoms with Gasteiger partial charge in [-0.25, -0.2) is 13.4 Å². The molecule has 1 saturated carbocycles. The number of aromatic nitrogens is 2.